The molecule has 160 valence electrons. The SMILES string of the molecule is CC1=NN(C(N)=O)NN1c1ccc(Cc2ccc(C#CC3(O)CCCCC3)cc2)cc1. The number of amidine groups is 1. The number of anilines is 1. The van der Waals surface area contributed by atoms with Crippen LogP contribution in [0, 0.1) is 11.8 Å². The molecule has 0 spiro atoms. The fraction of sp³-hybridized carbons (Fsp3) is 0.333. The Morgan fingerprint density at radius 3 is 2.29 bits per heavy atom. The molecule has 2 aliphatic rings. The van der Waals surface area contributed by atoms with E-state index >= 15 is 0 Å². The average molecular weight is 418 g/mol. The van der Waals surface area contributed by atoms with Crippen molar-refractivity contribution in [1.29, 1.82) is 0 Å². The maximum absolute atomic E-state index is 11.3. The number of hydrazone groups is 1. The van der Waals surface area contributed by atoms with Gasteiger partial charge in [-0.15, -0.1) is 15.8 Å². The van der Waals surface area contributed by atoms with Crippen LogP contribution in [0.25, 0.3) is 0 Å². The van der Waals surface area contributed by atoms with E-state index in [0.29, 0.717) is 5.84 Å². The quantitative estimate of drug-likeness (QED) is 0.668. The lowest BCUT2D eigenvalue weighted by Crippen LogP contribution is -2.46. The molecule has 0 bridgehead atoms. The number of hydrazine groups is 2. The van der Waals surface area contributed by atoms with E-state index in [1.54, 1.807) is 11.9 Å². The summed E-state index contributed by atoms with van der Waals surface area (Å²) in [6.45, 7) is 1.79. The van der Waals surface area contributed by atoms with Gasteiger partial charge in [0.25, 0.3) is 0 Å². The molecule has 0 aromatic heterocycles. The number of carbonyl (C=O) groups is 1. The number of rotatable bonds is 3. The molecule has 0 atom stereocenters. The smallest absolute Gasteiger partial charge is 0.352 e. The number of nitrogens with one attached hydrogen (secondary N) is 1. The van der Waals surface area contributed by atoms with Crippen LogP contribution in [0.3, 0.4) is 0 Å². The van der Waals surface area contributed by atoms with Gasteiger partial charge in [0.05, 0.1) is 5.69 Å². The topological polar surface area (TPSA) is 94.2 Å². The van der Waals surface area contributed by atoms with Crippen molar-refractivity contribution in [2.24, 2.45) is 10.8 Å². The monoisotopic (exact) mass is 417 g/mol. The number of amides is 2. The van der Waals surface area contributed by atoms with Crippen molar-refractivity contribution in [3.8, 4) is 11.8 Å². The van der Waals surface area contributed by atoms with Crippen LogP contribution in [-0.2, 0) is 6.42 Å². The first-order valence-electron chi connectivity index (χ1n) is 10.6. The molecule has 0 unspecified atom stereocenters. The lowest BCUT2D eigenvalue weighted by atomic mass is 9.85. The first kappa shape index (κ1) is 20.9. The Bertz CT molecular complexity index is 1030. The van der Waals surface area contributed by atoms with Gasteiger partial charge in [0.2, 0.25) is 0 Å². The Labute approximate surface area is 182 Å². The van der Waals surface area contributed by atoms with Crippen molar-refractivity contribution in [2.45, 2.75) is 51.0 Å². The molecule has 7 nitrogen and oxygen atoms in total. The molecule has 31 heavy (non-hydrogen) atoms. The van der Waals surface area contributed by atoms with Crippen LogP contribution < -0.4 is 16.3 Å². The lowest BCUT2D eigenvalue weighted by Gasteiger charge is -2.26. The summed E-state index contributed by atoms with van der Waals surface area (Å²) in [4.78, 5) is 11.3. The standard InChI is InChI=1S/C24H27N5O2/c1-18-26-29(23(25)30)27-28(18)22-11-9-21(10-12-22)17-20-7-5-19(6-8-20)13-16-24(31)14-3-2-4-15-24/h5-12,27,31H,2-4,14-15,17H2,1H3,(H2,25,30). The predicted molar refractivity (Wildman–Crippen MR) is 121 cm³/mol. The van der Waals surface area contributed by atoms with E-state index in [0.717, 1.165) is 48.5 Å². The maximum Gasteiger partial charge on any atom is 0.352 e. The van der Waals surface area contributed by atoms with E-state index in [-0.39, 0.29) is 0 Å². The largest absolute Gasteiger partial charge is 0.378 e. The normalized spacial score (nSPS) is 17.7. The predicted octanol–water partition coefficient (Wildman–Crippen LogP) is 3.28. The lowest BCUT2D eigenvalue weighted by molar-refractivity contribution is 0.0610. The number of benzene rings is 2. The second-order valence-corrected chi connectivity index (χ2v) is 8.12. The molecular formula is C24H27N5O2. The number of nitrogens with zero attached hydrogens (tertiary/aromatic N) is 3. The van der Waals surface area contributed by atoms with Crippen molar-refractivity contribution in [3.05, 3.63) is 65.2 Å². The van der Waals surface area contributed by atoms with Gasteiger partial charge in [0.1, 0.15) is 11.4 Å². The summed E-state index contributed by atoms with van der Waals surface area (Å²) in [6, 6.07) is 15.5. The summed E-state index contributed by atoms with van der Waals surface area (Å²) in [5.41, 5.74) is 11.4. The summed E-state index contributed by atoms with van der Waals surface area (Å²) in [5.74, 6) is 6.85. The Morgan fingerprint density at radius 2 is 1.71 bits per heavy atom. The van der Waals surface area contributed by atoms with Crippen LogP contribution in [0.1, 0.15) is 55.7 Å². The minimum atomic E-state index is -0.819. The van der Waals surface area contributed by atoms with Crippen LogP contribution in [0.15, 0.2) is 53.6 Å². The van der Waals surface area contributed by atoms with Crippen LogP contribution in [0.2, 0.25) is 0 Å². The summed E-state index contributed by atoms with van der Waals surface area (Å²) in [5, 5.41) is 17.3. The zero-order chi connectivity index (χ0) is 21.8. The number of nitrogens with two attached hydrogens (primary N) is 1. The van der Waals surface area contributed by atoms with Gasteiger partial charge in [0, 0.05) is 5.56 Å². The number of aliphatic hydroxyl groups is 1. The average Bonchev–Trinajstić information content (AvgIpc) is 3.16. The number of hydrogen-bond donors (Lipinski definition) is 3. The number of urea groups is 1. The highest BCUT2D eigenvalue weighted by molar-refractivity contribution is 5.97. The molecule has 7 heteroatoms. The molecule has 2 aromatic carbocycles. The van der Waals surface area contributed by atoms with Crippen molar-refractivity contribution >= 4 is 17.6 Å². The maximum atomic E-state index is 11.3. The molecule has 2 aromatic rings. The van der Waals surface area contributed by atoms with E-state index in [2.05, 4.69) is 34.6 Å². The van der Waals surface area contributed by atoms with Crippen molar-refractivity contribution < 1.29 is 9.90 Å². The van der Waals surface area contributed by atoms with Gasteiger partial charge in [-0.2, -0.15) is 0 Å². The third-order valence-electron chi connectivity index (χ3n) is 5.65. The third kappa shape index (κ3) is 5.05. The highest BCUT2D eigenvalue weighted by Gasteiger charge is 2.26. The first-order chi connectivity index (χ1) is 14.9. The summed E-state index contributed by atoms with van der Waals surface area (Å²) in [6.07, 6.45) is 5.62. The Hall–Kier alpha value is -3.34. The zero-order valence-electron chi connectivity index (χ0n) is 17.6. The summed E-state index contributed by atoms with van der Waals surface area (Å²) >= 11 is 0. The molecule has 4 rings (SSSR count). The van der Waals surface area contributed by atoms with Crippen molar-refractivity contribution in [3.63, 3.8) is 0 Å². The molecule has 1 heterocycles. The Kier molecular flexibility index (Phi) is 5.94. The molecule has 1 aliphatic carbocycles. The summed E-state index contributed by atoms with van der Waals surface area (Å²) in [7, 11) is 0. The Morgan fingerprint density at radius 1 is 1.10 bits per heavy atom. The minimum Gasteiger partial charge on any atom is -0.378 e. The van der Waals surface area contributed by atoms with E-state index in [4.69, 9.17) is 5.73 Å². The van der Waals surface area contributed by atoms with Gasteiger partial charge in [-0.05, 0) is 74.4 Å². The second kappa shape index (κ2) is 8.80. The molecule has 4 N–H and O–H groups in total. The van der Waals surface area contributed by atoms with E-state index in [9.17, 15) is 9.90 Å². The van der Waals surface area contributed by atoms with E-state index in [1.165, 1.54) is 17.5 Å². The van der Waals surface area contributed by atoms with Gasteiger partial charge in [-0.1, -0.05) is 42.5 Å². The van der Waals surface area contributed by atoms with Gasteiger partial charge >= 0.3 is 6.03 Å². The van der Waals surface area contributed by atoms with Crippen LogP contribution in [0.4, 0.5) is 10.5 Å². The number of hydrogen-bond acceptors (Lipinski definition) is 5. The van der Waals surface area contributed by atoms with Gasteiger partial charge < -0.3 is 10.8 Å². The second-order valence-electron chi connectivity index (χ2n) is 8.12. The van der Waals surface area contributed by atoms with Crippen LogP contribution >= 0.6 is 0 Å². The van der Waals surface area contributed by atoms with Crippen LogP contribution in [-0.4, -0.2) is 27.7 Å². The molecule has 2 amide bonds. The molecule has 0 saturated heterocycles. The number of primary amides is 1. The first-order valence-corrected chi connectivity index (χ1v) is 10.6. The highest BCUT2D eigenvalue weighted by atomic mass is 16.3. The fourth-order valence-electron chi connectivity index (χ4n) is 3.88. The Balaban J connectivity index is 1.38. The fourth-order valence-corrected chi connectivity index (χ4v) is 3.88. The highest BCUT2D eigenvalue weighted by Crippen LogP contribution is 2.27. The molecule has 1 fully saturated rings. The third-order valence-corrected chi connectivity index (χ3v) is 5.65. The summed E-state index contributed by atoms with van der Waals surface area (Å²) < 4.78 is 0. The minimum absolute atomic E-state index is 0.626. The van der Waals surface area contributed by atoms with E-state index < -0.39 is 11.6 Å². The van der Waals surface area contributed by atoms with Gasteiger partial charge in [0.15, 0.2) is 0 Å². The zero-order valence-corrected chi connectivity index (χ0v) is 17.6. The van der Waals surface area contributed by atoms with E-state index in [1.807, 2.05) is 36.4 Å². The van der Waals surface area contributed by atoms with Crippen LogP contribution in [0.5, 0.6) is 0 Å². The molecule has 1 saturated carbocycles. The molecule has 0 radical (unpaired) electrons. The molecular weight excluding hydrogens is 390 g/mol. The van der Waals surface area contributed by atoms with Crippen molar-refractivity contribution in [1.82, 2.24) is 10.7 Å². The number of carbonyl (C=O) groups excluding carboxylic acids is 1. The van der Waals surface area contributed by atoms with Gasteiger partial charge in [-0.25, -0.2) is 9.80 Å². The van der Waals surface area contributed by atoms with Gasteiger partial charge in [-0.3, -0.25) is 0 Å². The molecule has 1 aliphatic heterocycles. The van der Waals surface area contributed by atoms with Crippen molar-refractivity contribution in [2.75, 3.05) is 5.01 Å².